The number of aromatic nitrogens is 2. The molecule has 0 amide bonds. The number of carbonyl (C=O) groups excluding carboxylic acids is 1. The highest BCUT2D eigenvalue weighted by atomic mass is 16.5. The second-order valence-electron chi connectivity index (χ2n) is 10.5. The van der Waals surface area contributed by atoms with Crippen LogP contribution in [0.3, 0.4) is 0 Å². The van der Waals surface area contributed by atoms with Crippen molar-refractivity contribution in [2.75, 3.05) is 14.2 Å². The molecule has 7 nitrogen and oxygen atoms in total. The molecule has 0 spiro atoms. The zero-order chi connectivity index (χ0) is 26.6. The van der Waals surface area contributed by atoms with E-state index in [4.69, 9.17) is 16.3 Å². The quantitative estimate of drug-likeness (QED) is 0.231. The van der Waals surface area contributed by atoms with Gasteiger partial charge in [0.15, 0.2) is 0 Å². The number of hydrogen-bond acceptors (Lipinski definition) is 6. The molecule has 1 aromatic heterocycles. The fourth-order valence-electron chi connectivity index (χ4n) is 5.60. The van der Waals surface area contributed by atoms with Crippen LogP contribution in [-0.4, -0.2) is 34.9 Å². The van der Waals surface area contributed by atoms with E-state index in [1.807, 2.05) is 16.8 Å². The third-order valence-corrected chi connectivity index (χ3v) is 7.66. The summed E-state index contributed by atoms with van der Waals surface area (Å²) >= 11 is 0. The van der Waals surface area contributed by atoms with E-state index >= 15 is 0 Å². The van der Waals surface area contributed by atoms with Crippen LogP contribution in [0.25, 0.3) is 22.9 Å². The average molecular weight is 512 g/mol. The molecule has 198 valence electrons. The van der Waals surface area contributed by atoms with Gasteiger partial charge in [0.05, 0.1) is 24.7 Å². The molecule has 3 aromatic rings. The van der Waals surface area contributed by atoms with E-state index < -0.39 is 5.97 Å². The van der Waals surface area contributed by atoms with Crippen LogP contribution in [0.15, 0.2) is 72.7 Å². The molecule has 1 unspecified atom stereocenters. The highest BCUT2D eigenvalue weighted by Gasteiger charge is 2.45. The van der Waals surface area contributed by atoms with Crippen molar-refractivity contribution in [3.05, 3.63) is 89.5 Å². The van der Waals surface area contributed by atoms with Gasteiger partial charge in [0.1, 0.15) is 5.56 Å². The van der Waals surface area contributed by atoms with E-state index in [0.29, 0.717) is 17.2 Å². The van der Waals surface area contributed by atoms with Gasteiger partial charge in [0.2, 0.25) is 0 Å². The second kappa shape index (κ2) is 11.3. The molecule has 2 aliphatic carbocycles. The van der Waals surface area contributed by atoms with Crippen molar-refractivity contribution in [1.82, 2.24) is 14.8 Å². The summed E-state index contributed by atoms with van der Waals surface area (Å²) in [6, 6.07) is 16.9. The molecule has 7 heteroatoms. The van der Waals surface area contributed by atoms with Gasteiger partial charge in [-0.2, -0.15) is 5.10 Å². The van der Waals surface area contributed by atoms with Gasteiger partial charge in [-0.05, 0) is 60.1 Å². The average Bonchev–Trinajstić information content (AvgIpc) is 3.62. The summed E-state index contributed by atoms with van der Waals surface area (Å²) in [5.74, 6) is 6.21. The summed E-state index contributed by atoms with van der Waals surface area (Å²) in [5, 5.41) is 6.06. The first-order chi connectivity index (χ1) is 18.4. The number of nitrogens with zero attached hydrogens (tertiary/aromatic N) is 3. The van der Waals surface area contributed by atoms with Gasteiger partial charge in [-0.1, -0.05) is 61.7 Å². The van der Waals surface area contributed by atoms with Crippen LogP contribution in [-0.2, 0) is 4.74 Å². The normalized spacial score (nSPS) is 20.0. The van der Waals surface area contributed by atoms with E-state index in [1.165, 1.54) is 49.8 Å². The summed E-state index contributed by atoms with van der Waals surface area (Å²) in [6.45, 7) is 0. The molecular weight excluding hydrogens is 474 g/mol. The van der Waals surface area contributed by atoms with E-state index in [-0.39, 0.29) is 11.8 Å². The number of methoxy groups -OCH3 is 1. The number of ether oxygens (including phenoxy) is 1. The van der Waals surface area contributed by atoms with Crippen molar-refractivity contribution in [3.8, 4) is 16.8 Å². The summed E-state index contributed by atoms with van der Waals surface area (Å²) in [4.78, 5) is 12.6. The molecule has 0 aliphatic heterocycles. The third kappa shape index (κ3) is 5.68. The number of hydrogen-bond donors (Lipinski definition) is 2. The number of benzene rings is 2. The van der Waals surface area contributed by atoms with Crippen molar-refractivity contribution in [2.24, 2.45) is 23.4 Å². The largest absolute Gasteiger partial charge is 0.465 e. The van der Waals surface area contributed by atoms with Crippen LogP contribution in [0, 0.1) is 11.8 Å². The van der Waals surface area contributed by atoms with E-state index in [0.717, 1.165) is 28.9 Å². The van der Waals surface area contributed by atoms with E-state index in [9.17, 15) is 4.79 Å². The fourth-order valence-corrected chi connectivity index (χ4v) is 5.60. The third-order valence-electron chi connectivity index (χ3n) is 7.66. The van der Waals surface area contributed by atoms with Crippen molar-refractivity contribution in [3.63, 3.8) is 0 Å². The van der Waals surface area contributed by atoms with Crippen molar-refractivity contribution in [1.29, 1.82) is 0 Å². The lowest BCUT2D eigenvalue weighted by Gasteiger charge is -2.17. The molecule has 2 saturated carbocycles. The number of esters is 1. The van der Waals surface area contributed by atoms with Crippen LogP contribution in [0.5, 0.6) is 0 Å². The Labute approximate surface area is 224 Å². The van der Waals surface area contributed by atoms with Crippen molar-refractivity contribution >= 4 is 12.0 Å². The summed E-state index contributed by atoms with van der Waals surface area (Å²) in [5.41, 5.74) is 12.6. The van der Waals surface area contributed by atoms with Gasteiger partial charge in [0.25, 0.3) is 0 Å². The van der Waals surface area contributed by atoms with Gasteiger partial charge in [0, 0.05) is 30.8 Å². The second-order valence-corrected chi connectivity index (χ2v) is 10.5. The van der Waals surface area contributed by atoms with Crippen LogP contribution >= 0.6 is 0 Å². The summed E-state index contributed by atoms with van der Waals surface area (Å²) in [6.07, 6.45) is 15.4. The lowest BCUT2D eigenvalue weighted by atomic mass is 9.88. The molecule has 5 rings (SSSR count). The Balaban J connectivity index is 1.45. The molecule has 2 aromatic carbocycles. The first kappa shape index (κ1) is 25.8. The Morgan fingerprint density at radius 1 is 1.11 bits per heavy atom. The minimum atomic E-state index is -0.399. The maximum Gasteiger partial charge on any atom is 0.341 e. The Hall–Kier alpha value is -3.84. The van der Waals surface area contributed by atoms with Gasteiger partial charge in [-0.15, -0.1) is 0 Å². The lowest BCUT2D eigenvalue weighted by Crippen LogP contribution is -2.21. The Morgan fingerprint density at radius 2 is 1.84 bits per heavy atom. The molecule has 2 atom stereocenters. The maximum atomic E-state index is 12.6. The molecule has 0 radical (unpaired) electrons. The Bertz CT molecular complexity index is 1350. The first-order valence-electron chi connectivity index (χ1n) is 13.4. The van der Waals surface area contributed by atoms with Gasteiger partial charge in [-0.25, -0.2) is 15.3 Å². The molecular formula is C31H37N5O2. The number of carbonyl (C=O) groups is 1. The Kier molecular flexibility index (Phi) is 7.65. The van der Waals surface area contributed by atoms with E-state index in [1.54, 1.807) is 19.4 Å². The van der Waals surface area contributed by atoms with Gasteiger partial charge < -0.3 is 15.5 Å². The van der Waals surface area contributed by atoms with Gasteiger partial charge >= 0.3 is 5.97 Å². The zero-order valence-electron chi connectivity index (χ0n) is 22.2. The standard InChI is InChI=1S/C31H37N5O2/c1-35(33)20-29(32)26-18-27(26)30-28(31(37)38-2)19-34-36(30)25-13-7-12-24(17-25)23-11-6-10-22(16-23)15-14-21-8-4-3-5-9-21/h6-7,10-17,19-21,26-27H,3-5,8-9,18,32-33H2,1-2H3/b15-14+,29-20-/t26?,27-/m1/s1. The zero-order valence-corrected chi connectivity index (χ0v) is 22.2. The summed E-state index contributed by atoms with van der Waals surface area (Å²) in [7, 11) is 3.13. The van der Waals surface area contributed by atoms with E-state index in [2.05, 4.69) is 53.6 Å². The number of hydrazine groups is 1. The molecule has 38 heavy (non-hydrogen) atoms. The minimum Gasteiger partial charge on any atom is -0.465 e. The number of rotatable bonds is 8. The minimum absolute atomic E-state index is 0.0553. The molecule has 1 heterocycles. The van der Waals surface area contributed by atoms with Crippen LogP contribution < -0.4 is 11.6 Å². The van der Waals surface area contributed by atoms with Crippen LogP contribution in [0.4, 0.5) is 0 Å². The topological polar surface area (TPSA) is 99.4 Å². The highest BCUT2D eigenvalue weighted by molar-refractivity contribution is 5.91. The SMILES string of the molecule is COC(=O)c1cnn(-c2cccc(-c3cccc(/C=C/C4CCCCC4)c3)c2)c1[C@@H]1CC1/C(N)=C/N(C)N. The summed E-state index contributed by atoms with van der Waals surface area (Å²) < 4.78 is 6.92. The predicted octanol–water partition coefficient (Wildman–Crippen LogP) is 5.63. The van der Waals surface area contributed by atoms with Crippen molar-refractivity contribution in [2.45, 2.75) is 44.4 Å². The maximum absolute atomic E-state index is 12.6. The predicted molar refractivity (Wildman–Crippen MR) is 151 cm³/mol. The molecule has 0 saturated heterocycles. The molecule has 2 aliphatic rings. The monoisotopic (exact) mass is 511 g/mol. The smallest absolute Gasteiger partial charge is 0.341 e. The first-order valence-corrected chi connectivity index (χ1v) is 13.4. The number of allylic oxidation sites excluding steroid dienone is 2. The fraction of sp³-hybridized carbons (Fsp3) is 0.355. The van der Waals surface area contributed by atoms with Crippen LogP contribution in [0.1, 0.15) is 66.1 Å². The lowest BCUT2D eigenvalue weighted by molar-refractivity contribution is 0.0599. The molecule has 0 bridgehead atoms. The van der Waals surface area contributed by atoms with Crippen molar-refractivity contribution < 1.29 is 9.53 Å². The number of nitrogens with two attached hydrogens (primary N) is 2. The highest BCUT2D eigenvalue weighted by Crippen LogP contribution is 2.52. The Morgan fingerprint density at radius 3 is 2.58 bits per heavy atom. The molecule has 2 fully saturated rings. The van der Waals surface area contributed by atoms with Gasteiger partial charge in [-0.3, -0.25) is 0 Å². The molecule has 4 N–H and O–H groups in total. The van der Waals surface area contributed by atoms with Crippen LogP contribution in [0.2, 0.25) is 0 Å².